The highest BCUT2D eigenvalue weighted by atomic mass is 19.4. The fourth-order valence-electron chi connectivity index (χ4n) is 2.33. The first kappa shape index (κ1) is 16.0. The van der Waals surface area contributed by atoms with E-state index in [1.807, 2.05) is 0 Å². The van der Waals surface area contributed by atoms with Gasteiger partial charge in [0.2, 0.25) is 0 Å². The van der Waals surface area contributed by atoms with Gasteiger partial charge in [-0.1, -0.05) is 0 Å². The van der Waals surface area contributed by atoms with E-state index >= 15 is 0 Å². The van der Waals surface area contributed by atoms with Crippen LogP contribution in [-0.2, 0) is 6.18 Å². The molecule has 124 valence electrons. The van der Waals surface area contributed by atoms with E-state index in [0.29, 0.717) is 28.5 Å². The van der Waals surface area contributed by atoms with Crippen LogP contribution in [0.4, 0.5) is 29.1 Å². The number of nitrogens with one attached hydrogen (secondary N) is 1. The summed E-state index contributed by atoms with van der Waals surface area (Å²) >= 11 is 0. The van der Waals surface area contributed by atoms with Gasteiger partial charge in [-0.15, -0.1) is 0 Å². The van der Waals surface area contributed by atoms with Gasteiger partial charge in [0.05, 0.1) is 16.6 Å². The lowest BCUT2D eigenvalue weighted by molar-refractivity contribution is -0.137. The molecule has 3 aromatic rings. The van der Waals surface area contributed by atoms with Crippen molar-refractivity contribution in [1.82, 2.24) is 9.97 Å². The van der Waals surface area contributed by atoms with Gasteiger partial charge < -0.3 is 11.1 Å². The fraction of sp³-hybridized carbons (Fsp3) is 0.125. The molecule has 0 aliphatic heterocycles. The normalized spacial score (nSPS) is 11.7. The van der Waals surface area contributed by atoms with Gasteiger partial charge in [0.1, 0.15) is 11.6 Å². The van der Waals surface area contributed by atoms with Crippen molar-refractivity contribution < 1.29 is 17.6 Å². The molecule has 2 aromatic carbocycles. The van der Waals surface area contributed by atoms with E-state index in [2.05, 4.69) is 15.3 Å². The SMILES string of the molecule is CNc1nc(-c2ccc(C(F)(F)F)cc2F)nc2cc(N)ccc12. The smallest absolute Gasteiger partial charge is 0.399 e. The average Bonchev–Trinajstić information content (AvgIpc) is 2.52. The number of benzene rings is 2. The van der Waals surface area contributed by atoms with Crippen molar-refractivity contribution in [2.75, 3.05) is 18.1 Å². The summed E-state index contributed by atoms with van der Waals surface area (Å²) in [5, 5.41) is 3.53. The molecule has 3 rings (SSSR count). The molecule has 4 nitrogen and oxygen atoms in total. The van der Waals surface area contributed by atoms with Crippen molar-refractivity contribution in [2.45, 2.75) is 6.18 Å². The molecule has 0 unspecified atom stereocenters. The summed E-state index contributed by atoms with van der Waals surface area (Å²) in [6.07, 6.45) is -4.62. The van der Waals surface area contributed by atoms with E-state index in [9.17, 15) is 17.6 Å². The molecular formula is C16H12F4N4. The predicted molar refractivity (Wildman–Crippen MR) is 83.9 cm³/mol. The van der Waals surface area contributed by atoms with Crippen LogP contribution in [-0.4, -0.2) is 17.0 Å². The Labute approximate surface area is 134 Å². The fourth-order valence-corrected chi connectivity index (χ4v) is 2.33. The highest BCUT2D eigenvalue weighted by molar-refractivity contribution is 5.92. The van der Waals surface area contributed by atoms with Gasteiger partial charge in [-0.3, -0.25) is 0 Å². The number of nitrogens with zero attached hydrogens (tertiary/aromatic N) is 2. The lowest BCUT2D eigenvalue weighted by Crippen LogP contribution is -2.06. The third kappa shape index (κ3) is 2.82. The molecule has 0 bridgehead atoms. The quantitative estimate of drug-likeness (QED) is 0.547. The Hall–Kier alpha value is -2.90. The highest BCUT2D eigenvalue weighted by Crippen LogP contribution is 2.33. The molecule has 0 spiro atoms. The summed E-state index contributed by atoms with van der Waals surface area (Å²) in [5.41, 5.74) is 5.46. The van der Waals surface area contributed by atoms with Crippen molar-refractivity contribution in [2.24, 2.45) is 0 Å². The zero-order valence-electron chi connectivity index (χ0n) is 12.4. The molecule has 3 N–H and O–H groups in total. The van der Waals surface area contributed by atoms with Crippen LogP contribution in [0.15, 0.2) is 36.4 Å². The Bertz CT molecular complexity index is 922. The third-order valence-electron chi connectivity index (χ3n) is 3.50. The Morgan fingerprint density at radius 2 is 1.79 bits per heavy atom. The Morgan fingerprint density at radius 1 is 1.04 bits per heavy atom. The van der Waals surface area contributed by atoms with Gasteiger partial charge in [-0.2, -0.15) is 13.2 Å². The molecule has 0 aliphatic carbocycles. The standard InChI is InChI=1S/C16H12F4N4/c1-22-14-11-5-3-9(21)7-13(11)23-15(24-14)10-4-2-8(6-12(10)17)16(18,19)20/h2-7H,21H2,1H3,(H,22,23,24). The highest BCUT2D eigenvalue weighted by Gasteiger charge is 2.31. The third-order valence-corrected chi connectivity index (χ3v) is 3.50. The first-order chi connectivity index (χ1) is 11.3. The summed E-state index contributed by atoms with van der Waals surface area (Å²) in [5.74, 6) is -0.645. The van der Waals surface area contributed by atoms with Crippen LogP contribution in [0.1, 0.15) is 5.56 Å². The maximum atomic E-state index is 14.2. The molecule has 0 saturated carbocycles. The van der Waals surface area contributed by atoms with Crippen LogP contribution in [0.3, 0.4) is 0 Å². The summed E-state index contributed by atoms with van der Waals surface area (Å²) < 4.78 is 52.1. The number of hydrogen-bond donors (Lipinski definition) is 2. The van der Waals surface area contributed by atoms with Gasteiger partial charge >= 0.3 is 6.18 Å². The zero-order valence-corrected chi connectivity index (χ0v) is 12.4. The van der Waals surface area contributed by atoms with Crippen molar-refractivity contribution in [3.05, 3.63) is 47.8 Å². The summed E-state index contributed by atoms with van der Waals surface area (Å²) in [6, 6.07) is 7.22. The molecule has 0 aliphatic rings. The predicted octanol–water partition coefficient (Wildman–Crippen LogP) is 4.08. The molecule has 0 atom stereocenters. The van der Waals surface area contributed by atoms with Crippen molar-refractivity contribution >= 4 is 22.4 Å². The van der Waals surface area contributed by atoms with Gasteiger partial charge in [-0.05, 0) is 36.4 Å². The maximum absolute atomic E-state index is 14.2. The molecule has 0 amide bonds. The second-order valence-corrected chi connectivity index (χ2v) is 5.11. The lowest BCUT2D eigenvalue weighted by Gasteiger charge is -2.11. The van der Waals surface area contributed by atoms with Crippen molar-refractivity contribution in [1.29, 1.82) is 0 Å². The van der Waals surface area contributed by atoms with E-state index in [-0.39, 0.29) is 11.4 Å². The molecule has 1 aromatic heterocycles. The van der Waals surface area contributed by atoms with Crippen LogP contribution in [0, 0.1) is 5.82 Å². The summed E-state index contributed by atoms with van der Waals surface area (Å²) in [7, 11) is 1.63. The summed E-state index contributed by atoms with van der Waals surface area (Å²) in [4.78, 5) is 8.40. The minimum Gasteiger partial charge on any atom is -0.399 e. The number of alkyl halides is 3. The number of nitrogens with two attached hydrogens (primary N) is 1. The van der Waals surface area contributed by atoms with Crippen LogP contribution < -0.4 is 11.1 Å². The van der Waals surface area contributed by atoms with Gasteiger partial charge in [0.15, 0.2) is 5.82 Å². The number of hydrogen-bond acceptors (Lipinski definition) is 4. The zero-order chi connectivity index (χ0) is 17.5. The Kier molecular flexibility index (Phi) is 3.75. The Morgan fingerprint density at radius 3 is 2.42 bits per heavy atom. The van der Waals surface area contributed by atoms with Crippen LogP contribution in [0.25, 0.3) is 22.3 Å². The second-order valence-electron chi connectivity index (χ2n) is 5.11. The number of anilines is 2. The number of aromatic nitrogens is 2. The van der Waals surface area contributed by atoms with E-state index in [1.165, 1.54) is 0 Å². The first-order valence-corrected chi connectivity index (χ1v) is 6.92. The largest absolute Gasteiger partial charge is 0.416 e. The number of nitrogen functional groups attached to an aromatic ring is 1. The molecule has 8 heteroatoms. The lowest BCUT2D eigenvalue weighted by atomic mass is 10.1. The molecule has 24 heavy (non-hydrogen) atoms. The van der Waals surface area contributed by atoms with E-state index < -0.39 is 17.6 Å². The van der Waals surface area contributed by atoms with Crippen molar-refractivity contribution in [3.8, 4) is 11.4 Å². The van der Waals surface area contributed by atoms with E-state index in [4.69, 9.17) is 5.73 Å². The van der Waals surface area contributed by atoms with Gasteiger partial charge in [0.25, 0.3) is 0 Å². The molecule has 1 heterocycles. The minimum absolute atomic E-state index is 0.0244. The topological polar surface area (TPSA) is 63.8 Å². The van der Waals surface area contributed by atoms with Gasteiger partial charge in [0, 0.05) is 18.1 Å². The van der Waals surface area contributed by atoms with E-state index in [1.54, 1.807) is 25.2 Å². The average molecular weight is 336 g/mol. The molecule has 0 fully saturated rings. The number of fused-ring (bicyclic) bond motifs is 1. The summed E-state index contributed by atoms with van der Waals surface area (Å²) in [6.45, 7) is 0. The molecule has 0 saturated heterocycles. The number of rotatable bonds is 2. The second kappa shape index (κ2) is 5.63. The van der Waals surface area contributed by atoms with Crippen LogP contribution in [0.5, 0.6) is 0 Å². The first-order valence-electron chi connectivity index (χ1n) is 6.92. The molecular weight excluding hydrogens is 324 g/mol. The van der Waals surface area contributed by atoms with Crippen LogP contribution >= 0.6 is 0 Å². The number of halogens is 4. The maximum Gasteiger partial charge on any atom is 0.416 e. The van der Waals surface area contributed by atoms with Crippen LogP contribution in [0.2, 0.25) is 0 Å². The van der Waals surface area contributed by atoms with E-state index in [0.717, 1.165) is 12.1 Å². The molecule has 0 radical (unpaired) electrons. The minimum atomic E-state index is -4.62. The monoisotopic (exact) mass is 336 g/mol. The Balaban J connectivity index is 2.19. The van der Waals surface area contributed by atoms with Gasteiger partial charge in [-0.25, -0.2) is 14.4 Å². The van der Waals surface area contributed by atoms with Crippen molar-refractivity contribution in [3.63, 3.8) is 0 Å².